The molecule has 0 amide bonds. The minimum atomic E-state index is 1.18. The number of hydrogen-bond donors (Lipinski definition) is 0. The van der Waals surface area contributed by atoms with Gasteiger partial charge >= 0.3 is 0 Å². The Balaban J connectivity index is 2.22. The largest absolute Gasteiger partial charge is 0.0667 e. The van der Waals surface area contributed by atoms with Gasteiger partial charge in [-0.15, -0.1) is 0 Å². The van der Waals surface area contributed by atoms with Gasteiger partial charge in [-0.25, -0.2) is 0 Å². The summed E-state index contributed by atoms with van der Waals surface area (Å²) in [5.74, 6) is 0. The van der Waals surface area contributed by atoms with E-state index in [1.165, 1.54) is 38.5 Å². The van der Waals surface area contributed by atoms with E-state index in [9.17, 15) is 0 Å². The van der Waals surface area contributed by atoms with Gasteiger partial charge in [-0.05, 0) is 38.2 Å². The molecular weight excluding hydrogens is 108 g/mol. The molecule has 0 N–H and O–H groups in total. The lowest BCUT2D eigenvalue weighted by molar-refractivity contribution is 0.886. The average Bonchev–Trinajstić information content (AvgIpc) is 2.34. The van der Waals surface area contributed by atoms with Gasteiger partial charge in [0.15, 0.2) is 0 Å². The van der Waals surface area contributed by atoms with Crippen LogP contribution >= 0.6 is 0 Å². The van der Waals surface area contributed by atoms with Crippen molar-refractivity contribution in [2.24, 2.45) is 0 Å². The first-order chi connectivity index (χ1) is 4.43. The van der Waals surface area contributed by atoms with Crippen molar-refractivity contribution in [3.05, 3.63) is 11.6 Å². The maximum absolute atomic E-state index is 3.45. The van der Waals surface area contributed by atoms with Crippen LogP contribution in [-0.2, 0) is 0 Å². The molecule has 1 saturated carbocycles. The summed E-state index contributed by atoms with van der Waals surface area (Å²) in [5, 5.41) is 0. The molecule has 0 heteroatoms. The van der Waals surface area contributed by atoms with Crippen molar-refractivity contribution in [2.75, 3.05) is 0 Å². The molecule has 0 saturated heterocycles. The molecule has 1 fully saturated rings. The van der Waals surface area contributed by atoms with E-state index in [1.807, 2.05) is 0 Å². The van der Waals surface area contributed by atoms with Crippen LogP contribution in [0.5, 0.6) is 0 Å². The van der Waals surface area contributed by atoms with Crippen LogP contribution in [0.25, 0.3) is 0 Å². The molecule has 1 aliphatic carbocycles. The molecule has 1 rings (SSSR count). The summed E-state index contributed by atoms with van der Waals surface area (Å²) in [6, 6.07) is 0. The van der Waals surface area contributed by atoms with Gasteiger partial charge in [0.05, 0.1) is 0 Å². The van der Waals surface area contributed by atoms with Gasteiger partial charge in [0.25, 0.3) is 0 Å². The number of rotatable bonds is 2. The standard InChI is InChI=1S/C9H15/c1-2-3-6-9-7-4-5-8-9/h2-5,7-8H2,1H3. The molecule has 0 aliphatic heterocycles. The van der Waals surface area contributed by atoms with Crippen LogP contribution < -0.4 is 0 Å². The molecule has 0 nitrogen and oxygen atoms in total. The van der Waals surface area contributed by atoms with Crippen molar-refractivity contribution in [1.29, 1.82) is 0 Å². The maximum atomic E-state index is 3.45. The number of unbranched alkanes of at least 4 members (excludes halogenated alkanes) is 1. The number of hydrogen-bond acceptors (Lipinski definition) is 0. The Morgan fingerprint density at radius 3 is 2.56 bits per heavy atom. The topological polar surface area (TPSA) is 0 Å². The lowest BCUT2D eigenvalue weighted by atomic mass is 10.2. The van der Waals surface area contributed by atoms with Gasteiger partial charge in [-0.2, -0.15) is 0 Å². The predicted molar refractivity (Wildman–Crippen MR) is 40.1 cm³/mol. The second kappa shape index (κ2) is 3.71. The third-order valence-corrected chi connectivity index (χ3v) is 1.83. The Kier molecular flexibility index (Phi) is 2.82. The third-order valence-electron chi connectivity index (χ3n) is 1.83. The van der Waals surface area contributed by atoms with Gasteiger partial charge in [0.2, 0.25) is 0 Å². The Bertz CT molecular complexity index is 92.6. The predicted octanol–water partition coefficient (Wildman–Crippen LogP) is 3.09. The van der Waals surface area contributed by atoms with Crippen molar-refractivity contribution < 1.29 is 0 Å². The first-order valence-electron chi connectivity index (χ1n) is 4.02. The van der Waals surface area contributed by atoms with Crippen molar-refractivity contribution in [1.82, 2.24) is 0 Å². The molecule has 0 heterocycles. The molecule has 51 valence electrons. The Labute approximate surface area is 58.0 Å². The number of allylic oxidation sites excluding steroid dienone is 2. The highest BCUT2D eigenvalue weighted by Crippen LogP contribution is 2.23. The lowest BCUT2D eigenvalue weighted by Gasteiger charge is -1.90. The van der Waals surface area contributed by atoms with Crippen LogP contribution in [0.3, 0.4) is 0 Å². The van der Waals surface area contributed by atoms with Gasteiger partial charge in [-0.1, -0.05) is 18.9 Å². The van der Waals surface area contributed by atoms with Gasteiger partial charge < -0.3 is 0 Å². The second-order valence-corrected chi connectivity index (χ2v) is 2.74. The molecule has 0 aromatic heterocycles. The summed E-state index contributed by atoms with van der Waals surface area (Å²) in [7, 11) is 0. The maximum Gasteiger partial charge on any atom is -0.0279 e. The van der Waals surface area contributed by atoms with Crippen LogP contribution in [0.2, 0.25) is 0 Å². The zero-order valence-corrected chi connectivity index (χ0v) is 6.24. The fraction of sp³-hybridized carbons (Fsp3) is 0.778. The van der Waals surface area contributed by atoms with E-state index in [4.69, 9.17) is 0 Å². The highest BCUT2D eigenvalue weighted by Gasteiger charge is 2.04. The molecule has 0 aromatic carbocycles. The van der Waals surface area contributed by atoms with Crippen molar-refractivity contribution >= 4 is 0 Å². The molecule has 1 aliphatic rings. The van der Waals surface area contributed by atoms with Gasteiger partial charge in [-0.3, -0.25) is 0 Å². The molecule has 0 atom stereocenters. The lowest BCUT2D eigenvalue weighted by Crippen LogP contribution is -1.72. The Hall–Kier alpha value is -0.260. The Morgan fingerprint density at radius 2 is 2.00 bits per heavy atom. The summed E-state index contributed by atoms with van der Waals surface area (Å²) >= 11 is 0. The summed E-state index contributed by atoms with van der Waals surface area (Å²) in [5.41, 5.74) is 1.59. The average molecular weight is 123 g/mol. The van der Waals surface area contributed by atoms with Crippen molar-refractivity contribution in [3.63, 3.8) is 0 Å². The van der Waals surface area contributed by atoms with Crippen LogP contribution in [0, 0.1) is 6.08 Å². The van der Waals surface area contributed by atoms with E-state index < -0.39 is 0 Å². The molecule has 0 unspecified atom stereocenters. The van der Waals surface area contributed by atoms with Gasteiger partial charge in [0.1, 0.15) is 0 Å². The van der Waals surface area contributed by atoms with Crippen LogP contribution in [0.1, 0.15) is 45.4 Å². The normalized spacial score (nSPS) is 18.6. The smallest absolute Gasteiger partial charge is 0.0279 e. The molecule has 9 heavy (non-hydrogen) atoms. The second-order valence-electron chi connectivity index (χ2n) is 2.74. The van der Waals surface area contributed by atoms with E-state index in [0.29, 0.717) is 0 Å². The van der Waals surface area contributed by atoms with E-state index in [0.717, 1.165) is 0 Å². The van der Waals surface area contributed by atoms with E-state index in [-0.39, 0.29) is 0 Å². The fourth-order valence-corrected chi connectivity index (χ4v) is 1.28. The summed E-state index contributed by atoms with van der Waals surface area (Å²) in [6.45, 7) is 2.21. The fourth-order valence-electron chi connectivity index (χ4n) is 1.28. The van der Waals surface area contributed by atoms with E-state index >= 15 is 0 Å². The SMILES string of the molecule is CCC[C]=C1CCCC1. The van der Waals surface area contributed by atoms with Crippen LogP contribution in [-0.4, -0.2) is 0 Å². The molecule has 0 aromatic rings. The van der Waals surface area contributed by atoms with E-state index in [2.05, 4.69) is 13.0 Å². The Morgan fingerprint density at radius 1 is 1.33 bits per heavy atom. The van der Waals surface area contributed by atoms with Crippen LogP contribution in [0.4, 0.5) is 0 Å². The highest BCUT2D eigenvalue weighted by molar-refractivity contribution is 5.00. The summed E-state index contributed by atoms with van der Waals surface area (Å²) in [6.07, 6.45) is 11.4. The molecule has 0 spiro atoms. The van der Waals surface area contributed by atoms with Crippen molar-refractivity contribution in [3.8, 4) is 0 Å². The molecule has 0 bridgehead atoms. The highest BCUT2D eigenvalue weighted by atomic mass is 14.1. The molecule has 1 radical (unpaired) electrons. The molecular formula is C9H15. The van der Waals surface area contributed by atoms with Crippen molar-refractivity contribution in [2.45, 2.75) is 45.4 Å². The summed E-state index contributed by atoms with van der Waals surface area (Å²) < 4.78 is 0. The minimum Gasteiger partial charge on any atom is -0.0667 e. The first-order valence-corrected chi connectivity index (χ1v) is 4.02. The van der Waals surface area contributed by atoms with E-state index in [1.54, 1.807) is 5.57 Å². The zero-order chi connectivity index (χ0) is 6.53. The van der Waals surface area contributed by atoms with Gasteiger partial charge in [0, 0.05) is 0 Å². The third kappa shape index (κ3) is 2.21. The summed E-state index contributed by atoms with van der Waals surface area (Å²) in [4.78, 5) is 0. The zero-order valence-electron chi connectivity index (χ0n) is 6.24. The quantitative estimate of drug-likeness (QED) is 0.529. The minimum absolute atomic E-state index is 1.18. The monoisotopic (exact) mass is 123 g/mol. The van der Waals surface area contributed by atoms with Crippen LogP contribution in [0.15, 0.2) is 5.57 Å². The first kappa shape index (κ1) is 6.85.